The van der Waals surface area contributed by atoms with Crippen LogP contribution in [0.1, 0.15) is 40.0 Å². The maximum atomic E-state index is 12.8. The normalized spacial score (nSPS) is 12.5. The summed E-state index contributed by atoms with van der Waals surface area (Å²) in [5, 5.41) is 3.17. The molecule has 1 aromatic carbocycles. The fourth-order valence-corrected chi connectivity index (χ4v) is 3.44. The molecule has 0 bridgehead atoms. The van der Waals surface area contributed by atoms with Gasteiger partial charge in [0, 0.05) is 18.4 Å². The summed E-state index contributed by atoms with van der Waals surface area (Å²) in [6, 6.07) is 9.74. The van der Waals surface area contributed by atoms with Crippen molar-refractivity contribution in [2.24, 2.45) is 7.05 Å². The SMILES string of the molecule is CSCCC(NC(=O)c1cc(C)n(C)c1C)c1nc2ccccc2[nH]1. The minimum atomic E-state index is -0.132. The summed E-state index contributed by atoms with van der Waals surface area (Å²) in [6.07, 6.45) is 2.90. The quantitative estimate of drug-likeness (QED) is 0.707. The highest BCUT2D eigenvalue weighted by molar-refractivity contribution is 7.98. The van der Waals surface area contributed by atoms with E-state index >= 15 is 0 Å². The number of rotatable bonds is 6. The van der Waals surface area contributed by atoms with Crippen LogP contribution in [0, 0.1) is 13.8 Å². The van der Waals surface area contributed by atoms with Crippen LogP contribution in [0.3, 0.4) is 0 Å². The molecule has 0 aliphatic rings. The zero-order chi connectivity index (χ0) is 18.0. The second-order valence-electron chi connectivity index (χ2n) is 6.29. The first-order chi connectivity index (χ1) is 12.0. The number of nitrogens with zero attached hydrogens (tertiary/aromatic N) is 2. The fourth-order valence-electron chi connectivity index (χ4n) is 2.97. The van der Waals surface area contributed by atoms with Gasteiger partial charge < -0.3 is 14.9 Å². The molecule has 3 aromatic rings. The third-order valence-corrected chi connectivity index (χ3v) is 5.32. The van der Waals surface area contributed by atoms with Gasteiger partial charge in [-0.15, -0.1) is 0 Å². The van der Waals surface area contributed by atoms with Gasteiger partial charge in [-0.2, -0.15) is 11.8 Å². The highest BCUT2D eigenvalue weighted by Crippen LogP contribution is 2.21. The maximum absolute atomic E-state index is 12.8. The topological polar surface area (TPSA) is 62.7 Å². The van der Waals surface area contributed by atoms with Gasteiger partial charge in [0.15, 0.2) is 0 Å². The van der Waals surface area contributed by atoms with Gasteiger partial charge in [-0.05, 0) is 50.5 Å². The third kappa shape index (κ3) is 3.58. The number of H-pyrrole nitrogens is 1. The summed E-state index contributed by atoms with van der Waals surface area (Å²) in [4.78, 5) is 20.8. The van der Waals surface area contributed by atoms with Crippen LogP contribution in [-0.2, 0) is 7.05 Å². The smallest absolute Gasteiger partial charge is 0.253 e. The zero-order valence-electron chi connectivity index (χ0n) is 15.1. The van der Waals surface area contributed by atoms with Crippen LogP contribution in [0.2, 0.25) is 0 Å². The lowest BCUT2D eigenvalue weighted by molar-refractivity contribution is 0.0933. The Morgan fingerprint density at radius 1 is 1.36 bits per heavy atom. The molecule has 0 aliphatic carbocycles. The highest BCUT2D eigenvalue weighted by atomic mass is 32.2. The van der Waals surface area contributed by atoms with Crippen molar-refractivity contribution < 1.29 is 4.79 Å². The first-order valence-electron chi connectivity index (χ1n) is 8.38. The Labute approximate surface area is 152 Å². The summed E-state index contributed by atoms with van der Waals surface area (Å²) in [5.74, 6) is 1.72. The molecule has 0 spiro atoms. The molecule has 2 aromatic heterocycles. The Balaban J connectivity index is 1.87. The molecule has 5 nitrogen and oxygen atoms in total. The van der Waals surface area contributed by atoms with Gasteiger partial charge in [-0.3, -0.25) is 4.79 Å². The molecule has 2 heterocycles. The van der Waals surface area contributed by atoms with Crippen molar-refractivity contribution in [1.29, 1.82) is 0 Å². The first kappa shape index (κ1) is 17.6. The summed E-state index contributed by atoms with van der Waals surface area (Å²) in [6.45, 7) is 3.98. The van der Waals surface area contributed by atoms with Crippen molar-refractivity contribution in [3.63, 3.8) is 0 Å². The summed E-state index contributed by atoms with van der Waals surface area (Å²) >= 11 is 1.77. The van der Waals surface area contributed by atoms with Crippen LogP contribution in [0.25, 0.3) is 11.0 Å². The van der Waals surface area contributed by atoms with Gasteiger partial charge >= 0.3 is 0 Å². The van der Waals surface area contributed by atoms with Gasteiger partial charge in [0.25, 0.3) is 5.91 Å². The van der Waals surface area contributed by atoms with Crippen molar-refractivity contribution in [2.75, 3.05) is 12.0 Å². The van der Waals surface area contributed by atoms with Crippen LogP contribution < -0.4 is 5.32 Å². The van der Waals surface area contributed by atoms with E-state index in [9.17, 15) is 4.79 Å². The highest BCUT2D eigenvalue weighted by Gasteiger charge is 2.21. The number of carbonyl (C=O) groups is 1. The average Bonchev–Trinajstić information content (AvgIpc) is 3.15. The minimum absolute atomic E-state index is 0.0484. The molecule has 132 valence electrons. The number of nitrogens with one attached hydrogen (secondary N) is 2. The van der Waals surface area contributed by atoms with Gasteiger partial charge in [-0.25, -0.2) is 4.98 Å². The van der Waals surface area contributed by atoms with Crippen LogP contribution in [0.15, 0.2) is 30.3 Å². The van der Waals surface area contributed by atoms with Gasteiger partial charge in [0.05, 0.1) is 22.6 Å². The van der Waals surface area contributed by atoms with Crippen molar-refractivity contribution in [3.8, 4) is 0 Å². The number of benzene rings is 1. The minimum Gasteiger partial charge on any atom is -0.351 e. The lowest BCUT2D eigenvalue weighted by atomic mass is 10.1. The Kier molecular flexibility index (Phi) is 5.18. The van der Waals surface area contributed by atoms with Crippen molar-refractivity contribution >= 4 is 28.7 Å². The van der Waals surface area contributed by atoms with E-state index in [4.69, 9.17) is 0 Å². The number of carbonyl (C=O) groups excluding carboxylic acids is 1. The van der Waals surface area contributed by atoms with E-state index < -0.39 is 0 Å². The predicted octanol–water partition coefficient (Wildman–Crippen LogP) is 3.74. The molecule has 0 saturated carbocycles. The van der Waals surface area contributed by atoms with E-state index in [1.165, 1.54) is 0 Å². The van der Waals surface area contributed by atoms with Crippen LogP contribution >= 0.6 is 11.8 Å². The monoisotopic (exact) mass is 356 g/mol. The Hall–Kier alpha value is -2.21. The van der Waals surface area contributed by atoms with E-state index in [-0.39, 0.29) is 11.9 Å². The second-order valence-corrected chi connectivity index (χ2v) is 7.28. The number of hydrogen-bond acceptors (Lipinski definition) is 3. The number of thioether (sulfide) groups is 1. The van der Waals surface area contributed by atoms with Gasteiger partial charge in [-0.1, -0.05) is 12.1 Å². The lowest BCUT2D eigenvalue weighted by Gasteiger charge is -2.16. The lowest BCUT2D eigenvalue weighted by Crippen LogP contribution is -2.30. The Morgan fingerprint density at radius 3 is 2.76 bits per heavy atom. The molecule has 0 aliphatic heterocycles. The molecule has 1 amide bonds. The summed E-state index contributed by atoms with van der Waals surface area (Å²) < 4.78 is 2.03. The maximum Gasteiger partial charge on any atom is 0.253 e. The van der Waals surface area contributed by atoms with Gasteiger partial charge in [0.2, 0.25) is 0 Å². The van der Waals surface area contributed by atoms with E-state index in [2.05, 4.69) is 21.5 Å². The summed E-state index contributed by atoms with van der Waals surface area (Å²) in [7, 11) is 1.98. The largest absolute Gasteiger partial charge is 0.351 e. The second kappa shape index (κ2) is 7.35. The van der Waals surface area contributed by atoms with Crippen LogP contribution in [0.5, 0.6) is 0 Å². The molecular formula is C19H24N4OS. The number of fused-ring (bicyclic) bond motifs is 1. The fraction of sp³-hybridized carbons (Fsp3) is 0.368. The number of para-hydroxylation sites is 2. The van der Waals surface area contributed by atoms with Crippen molar-refractivity contribution in [2.45, 2.75) is 26.3 Å². The van der Waals surface area contributed by atoms with Gasteiger partial charge in [0.1, 0.15) is 5.82 Å². The number of hydrogen-bond donors (Lipinski definition) is 2. The predicted molar refractivity (Wildman–Crippen MR) is 104 cm³/mol. The number of amides is 1. The average molecular weight is 356 g/mol. The number of aromatic amines is 1. The number of imidazole rings is 1. The standard InChI is InChI=1S/C19H24N4OS/c1-12-11-14(13(2)23(12)3)19(24)22-17(9-10-25-4)18-20-15-7-5-6-8-16(15)21-18/h5-8,11,17H,9-10H2,1-4H3,(H,20,21)(H,22,24). The van der Waals surface area contributed by atoms with Crippen molar-refractivity contribution in [3.05, 3.63) is 53.1 Å². The van der Waals surface area contributed by atoms with E-state index in [0.29, 0.717) is 0 Å². The Morgan fingerprint density at radius 2 is 2.12 bits per heavy atom. The van der Waals surface area contributed by atoms with Crippen molar-refractivity contribution in [1.82, 2.24) is 19.9 Å². The molecule has 1 atom stereocenters. The molecule has 0 saturated heterocycles. The molecule has 0 radical (unpaired) electrons. The first-order valence-corrected chi connectivity index (χ1v) is 9.78. The van der Waals surface area contributed by atoms with E-state index in [0.717, 1.165) is 46.0 Å². The van der Waals surface area contributed by atoms with E-state index in [1.807, 2.05) is 55.8 Å². The van der Waals surface area contributed by atoms with Crippen LogP contribution in [-0.4, -0.2) is 32.5 Å². The Bertz CT molecular complexity index is 863. The number of aromatic nitrogens is 3. The molecule has 3 rings (SSSR count). The molecular weight excluding hydrogens is 332 g/mol. The molecule has 1 unspecified atom stereocenters. The zero-order valence-corrected chi connectivity index (χ0v) is 15.9. The third-order valence-electron chi connectivity index (χ3n) is 4.67. The molecule has 0 fully saturated rings. The van der Waals surface area contributed by atoms with E-state index in [1.54, 1.807) is 11.8 Å². The molecule has 2 N–H and O–H groups in total. The molecule has 25 heavy (non-hydrogen) atoms. The molecule has 6 heteroatoms. The summed E-state index contributed by atoms with van der Waals surface area (Å²) in [5.41, 5.74) is 4.70. The van der Waals surface area contributed by atoms with Crippen LogP contribution in [0.4, 0.5) is 0 Å². The number of aryl methyl sites for hydroxylation is 1.